The molecule has 0 aromatic heterocycles. The van der Waals surface area contributed by atoms with Gasteiger partial charge in [0.1, 0.15) is 6.54 Å². The molecule has 0 N–H and O–H groups in total. The van der Waals surface area contributed by atoms with Gasteiger partial charge >= 0.3 is 5.97 Å². The van der Waals surface area contributed by atoms with Gasteiger partial charge in [-0.15, -0.1) is 0 Å². The van der Waals surface area contributed by atoms with Gasteiger partial charge in [0, 0.05) is 29.4 Å². The van der Waals surface area contributed by atoms with Crippen LogP contribution < -0.4 is 4.90 Å². The van der Waals surface area contributed by atoms with E-state index < -0.39 is 28.6 Å². The average molecular weight is 302 g/mol. The van der Waals surface area contributed by atoms with Crippen molar-refractivity contribution in [2.45, 2.75) is 26.3 Å². The van der Waals surface area contributed by atoms with Crippen molar-refractivity contribution in [1.29, 1.82) is 0 Å². The molecule has 0 unspecified atom stereocenters. The van der Waals surface area contributed by atoms with E-state index in [9.17, 15) is 23.7 Å². The second-order valence-corrected chi connectivity index (χ2v) is 4.60. The first kappa shape index (κ1) is 16.8. The van der Waals surface area contributed by atoms with Crippen LogP contribution in [0.25, 0.3) is 0 Å². The van der Waals surface area contributed by atoms with E-state index in [1.54, 1.807) is 13.8 Å². The zero-order chi connectivity index (χ0) is 16.2. The van der Waals surface area contributed by atoms with Gasteiger partial charge in [-0.1, -0.05) is 0 Å². The number of esters is 1. The second-order valence-electron chi connectivity index (χ2n) is 4.60. The number of nitrogens with zero attached hydrogens (tertiary/aromatic N) is 2. The van der Waals surface area contributed by atoms with Crippen LogP contribution in [0.1, 0.15) is 25.8 Å². The topological polar surface area (TPSA) is 72.7 Å². The molecular weight excluding hydrogens is 286 g/mol. The molecule has 0 saturated heterocycles. The molecule has 0 saturated carbocycles. The maximum Gasteiger partial charge on any atom is 0.325 e. The maximum atomic E-state index is 13.1. The van der Waals surface area contributed by atoms with E-state index in [-0.39, 0.29) is 18.3 Å². The molecule has 8 heteroatoms. The number of anilines is 1. The number of benzene rings is 1. The molecule has 0 spiro atoms. The standard InChI is InChI=1S/C13H16F2N2O4/c1-8(2)16(7-12(18)21-3)11-5-4-9(17(19)20)6-10(11)13(14)15/h4-6,8,13H,7H2,1-3H3. The summed E-state index contributed by atoms with van der Waals surface area (Å²) in [4.78, 5) is 22.8. The first-order valence-electron chi connectivity index (χ1n) is 6.17. The zero-order valence-electron chi connectivity index (χ0n) is 11.9. The molecular formula is C13H16F2N2O4. The van der Waals surface area contributed by atoms with Crippen molar-refractivity contribution >= 4 is 17.3 Å². The van der Waals surface area contributed by atoms with Gasteiger partial charge in [0.25, 0.3) is 12.1 Å². The van der Waals surface area contributed by atoms with Crippen LogP contribution in [0.2, 0.25) is 0 Å². The predicted molar refractivity (Wildman–Crippen MR) is 72.6 cm³/mol. The third kappa shape index (κ3) is 4.11. The number of nitro groups is 1. The Morgan fingerprint density at radius 1 is 1.43 bits per heavy atom. The molecule has 0 bridgehead atoms. The van der Waals surface area contributed by atoms with Crippen LogP contribution in [-0.4, -0.2) is 30.6 Å². The number of hydrogen-bond acceptors (Lipinski definition) is 5. The molecule has 21 heavy (non-hydrogen) atoms. The lowest BCUT2D eigenvalue weighted by atomic mass is 10.1. The van der Waals surface area contributed by atoms with Crippen LogP contribution in [0.15, 0.2) is 18.2 Å². The summed E-state index contributed by atoms with van der Waals surface area (Å²) in [6.45, 7) is 3.23. The molecule has 0 fully saturated rings. The number of carbonyl (C=O) groups excluding carboxylic acids is 1. The summed E-state index contributed by atoms with van der Waals surface area (Å²) in [5.74, 6) is -0.581. The lowest BCUT2D eigenvalue weighted by Crippen LogP contribution is -2.37. The Labute approximate surface area is 120 Å². The monoisotopic (exact) mass is 302 g/mol. The Hall–Kier alpha value is -2.25. The highest BCUT2D eigenvalue weighted by Crippen LogP contribution is 2.34. The smallest absolute Gasteiger partial charge is 0.325 e. The van der Waals surface area contributed by atoms with E-state index in [1.807, 2.05) is 0 Å². The van der Waals surface area contributed by atoms with Crippen LogP contribution in [0.3, 0.4) is 0 Å². The predicted octanol–water partition coefficient (Wildman–Crippen LogP) is 2.92. The average Bonchev–Trinajstić information content (AvgIpc) is 2.43. The minimum absolute atomic E-state index is 0.0796. The third-order valence-corrected chi connectivity index (χ3v) is 2.92. The SMILES string of the molecule is COC(=O)CN(c1ccc([N+](=O)[O-])cc1C(F)F)C(C)C. The molecule has 1 aromatic rings. The molecule has 0 heterocycles. The van der Waals surface area contributed by atoms with Crippen molar-refractivity contribution in [1.82, 2.24) is 0 Å². The molecule has 1 aromatic carbocycles. The molecule has 0 radical (unpaired) electrons. The van der Waals surface area contributed by atoms with Crippen LogP contribution >= 0.6 is 0 Å². The summed E-state index contributed by atoms with van der Waals surface area (Å²) in [6, 6.07) is 2.92. The number of carbonyl (C=O) groups is 1. The molecule has 6 nitrogen and oxygen atoms in total. The Morgan fingerprint density at radius 2 is 2.05 bits per heavy atom. The van der Waals surface area contributed by atoms with Gasteiger partial charge in [0.15, 0.2) is 0 Å². The van der Waals surface area contributed by atoms with E-state index in [1.165, 1.54) is 18.1 Å². The highest BCUT2D eigenvalue weighted by molar-refractivity contribution is 5.76. The van der Waals surface area contributed by atoms with Gasteiger partial charge in [0.05, 0.1) is 12.0 Å². The minimum Gasteiger partial charge on any atom is -0.468 e. The molecule has 0 aliphatic rings. The molecule has 0 aliphatic heterocycles. The summed E-state index contributed by atoms with van der Waals surface area (Å²) >= 11 is 0. The summed E-state index contributed by atoms with van der Waals surface area (Å²) < 4.78 is 30.8. The molecule has 1 rings (SSSR count). The van der Waals surface area contributed by atoms with Crippen LogP contribution in [0, 0.1) is 10.1 Å². The number of halogens is 2. The fourth-order valence-corrected chi connectivity index (χ4v) is 1.84. The van der Waals surface area contributed by atoms with E-state index >= 15 is 0 Å². The number of methoxy groups -OCH3 is 1. The summed E-state index contributed by atoms with van der Waals surface area (Å²) in [5, 5.41) is 10.7. The van der Waals surface area contributed by atoms with Crippen LogP contribution in [-0.2, 0) is 9.53 Å². The van der Waals surface area contributed by atoms with Gasteiger partial charge in [0.2, 0.25) is 0 Å². The Bertz CT molecular complexity index is 535. The van der Waals surface area contributed by atoms with Gasteiger partial charge < -0.3 is 9.64 Å². The number of rotatable bonds is 6. The molecule has 0 aliphatic carbocycles. The van der Waals surface area contributed by atoms with Gasteiger partial charge in [-0.2, -0.15) is 0 Å². The number of ether oxygens (including phenoxy) is 1. The van der Waals surface area contributed by atoms with Crippen molar-refractivity contribution in [3.05, 3.63) is 33.9 Å². The first-order chi connectivity index (χ1) is 9.77. The number of alkyl halides is 2. The van der Waals surface area contributed by atoms with Crippen molar-refractivity contribution in [3.8, 4) is 0 Å². The molecule has 0 amide bonds. The van der Waals surface area contributed by atoms with E-state index in [0.717, 1.165) is 12.1 Å². The number of non-ortho nitro benzene ring substituents is 1. The van der Waals surface area contributed by atoms with E-state index in [2.05, 4.69) is 4.74 Å². The number of hydrogen-bond donors (Lipinski definition) is 0. The van der Waals surface area contributed by atoms with Crippen LogP contribution in [0.5, 0.6) is 0 Å². The van der Waals surface area contributed by atoms with Crippen molar-refractivity contribution in [3.63, 3.8) is 0 Å². The first-order valence-corrected chi connectivity index (χ1v) is 6.17. The fraction of sp³-hybridized carbons (Fsp3) is 0.462. The second kappa shape index (κ2) is 6.96. The van der Waals surface area contributed by atoms with Crippen molar-refractivity contribution in [2.75, 3.05) is 18.6 Å². The summed E-state index contributed by atoms with van der Waals surface area (Å²) in [6.07, 6.45) is -2.89. The molecule has 116 valence electrons. The summed E-state index contributed by atoms with van der Waals surface area (Å²) in [5.41, 5.74) is -0.825. The minimum atomic E-state index is -2.89. The Morgan fingerprint density at radius 3 is 2.48 bits per heavy atom. The fourth-order valence-electron chi connectivity index (χ4n) is 1.84. The lowest BCUT2D eigenvalue weighted by Gasteiger charge is -2.29. The maximum absolute atomic E-state index is 13.1. The Balaban J connectivity index is 3.30. The highest BCUT2D eigenvalue weighted by Gasteiger charge is 2.24. The lowest BCUT2D eigenvalue weighted by molar-refractivity contribution is -0.385. The number of nitro benzene ring substituents is 1. The summed E-state index contributed by atoms with van der Waals surface area (Å²) in [7, 11) is 1.20. The van der Waals surface area contributed by atoms with Crippen molar-refractivity contribution in [2.24, 2.45) is 0 Å². The largest absolute Gasteiger partial charge is 0.468 e. The Kier molecular flexibility index (Phi) is 5.57. The third-order valence-electron chi connectivity index (χ3n) is 2.92. The van der Waals surface area contributed by atoms with Gasteiger partial charge in [-0.05, 0) is 19.9 Å². The van der Waals surface area contributed by atoms with Gasteiger partial charge in [-0.25, -0.2) is 8.78 Å². The van der Waals surface area contributed by atoms with E-state index in [4.69, 9.17) is 0 Å². The van der Waals surface area contributed by atoms with E-state index in [0.29, 0.717) is 0 Å². The normalized spacial score (nSPS) is 10.8. The zero-order valence-corrected chi connectivity index (χ0v) is 11.9. The van der Waals surface area contributed by atoms with Crippen LogP contribution in [0.4, 0.5) is 20.2 Å². The van der Waals surface area contributed by atoms with Gasteiger partial charge in [-0.3, -0.25) is 14.9 Å². The highest BCUT2D eigenvalue weighted by atomic mass is 19.3. The van der Waals surface area contributed by atoms with Crippen molar-refractivity contribution < 1.29 is 23.2 Å². The molecule has 0 atom stereocenters. The quantitative estimate of drug-likeness (QED) is 0.459.